The maximum absolute atomic E-state index is 13.0. The highest BCUT2D eigenvalue weighted by Crippen LogP contribution is 2.60. The van der Waals surface area contributed by atoms with Gasteiger partial charge in [-0.1, -0.05) is 37.3 Å². The molecule has 29 heavy (non-hydrogen) atoms. The Morgan fingerprint density at radius 2 is 1.90 bits per heavy atom. The van der Waals surface area contributed by atoms with E-state index in [-0.39, 0.29) is 29.5 Å². The lowest BCUT2D eigenvalue weighted by molar-refractivity contribution is -0.559. The average Bonchev–Trinajstić information content (AvgIpc) is 2.95. The van der Waals surface area contributed by atoms with Gasteiger partial charge >= 0.3 is 5.97 Å². The van der Waals surface area contributed by atoms with Crippen molar-refractivity contribution in [2.24, 2.45) is 23.7 Å². The lowest BCUT2D eigenvalue weighted by Crippen LogP contribution is -2.70. The molecule has 5 fully saturated rings. The SMILES string of the molecule is C[C@@H]1CC[C@H]2C(CCC(=O)c3ccccc3)C(=O)O[C@@H]3O[C@@]4(C)CC[C@@H]1[C@]32OO4. The summed E-state index contributed by atoms with van der Waals surface area (Å²) in [6.07, 6.45) is 3.51. The molecule has 6 heteroatoms. The Bertz CT molecular complexity index is 809. The van der Waals surface area contributed by atoms with Crippen molar-refractivity contribution in [1.29, 1.82) is 0 Å². The molecule has 2 bridgehead atoms. The molecule has 1 aliphatic carbocycles. The van der Waals surface area contributed by atoms with Crippen molar-refractivity contribution in [3.63, 3.8) is 0 Å². The molecule has 6 rings (SSSR count). The van der Waals surface area contributed by atoms with Gasteiger partial charge in [0.15, 0.2) is 11.4 Å². The summed E-state index contributed by atoms with van der Waals surface area (Å²) in [5, 5.41) is 0. The Morgan fingerprint density at radius 3 is 2.69 bits per heavy atom. The van der Waals surface area contributed by atoms with Crippen LogP contribution in [0.5, 0.6) is 0 Å². The third-order valence-corrected chi connectivity index (χ3v) is 7.57. The molecule has 7 atom stereocenters. The first-order chi connectivity index (χ1) is 13.9. The zero-order valence-corrected chi connectivity index (χ0v) is 17.0. The highest BCUT2D eigenvalue weighted by molar-refractivity contribution is 5.96. The molecule has 5 aliphatic rings. The minimum atomic E-state index is -0.881. The summed E-state index contributed by atoms with van der Waals surface area (Å²) in [6.45, 7) is 4.08. The largest absolute Gasteiger partial charge is 0.432 e. The maximum Gasteiger partial charge on any atom is 0.311 e. The van der Waals surface area contributed by atoms with Crippen LogP contribution in [-0.4, -0.2) is 29.4 Å². The highest BCUT2D eigenvalue weighted by atomic mass is 17.3. The van der Waals surface area contributed by atoms with Crippen LogP contribution < -0.4 is 0 Å². The smallest absolute Gasteiger partial charge is 0.311 e. The molecule has 0 N–H and O–H groups in total. The summed E-state index contributed by atoms with van der Waals surface area (Å²) in [4.78, 5) is 37.4. The van der Waals surface area contributed by atoms with Crippen LogP contribution in [0.25, 0.3) is 0 Å². The third-order valence-electron chi connectivity index (χ3n) is 7.57. The molecule has 4 saturated heterocycles. The van der Waals surface area contributed by atoms with Gasteiger partial charge in [-0.15, -0.1) is 0 Å². The summed E-state index contributed by atoms with van der Waals surface area (Å²) in [6, 6.07) is 9.22. The average molecular weight is 400 g/mol. The number of hydrogen-bond donors (Lipinski definition) is 0. The maximum atomic E-state index is 13.0. The molecule has 0 radical (unpaired) electrons. The number of fused-ring (bicyclic) bond motifs is 2. The van der Waals surface area contributed by atoms with E-state index in [0.717, 1.165) is 19.3 Å². The number of benzene rings is 1. The number of ketones is 1. The molecule has 1 aromatic carbocycles. The van der Waals surface area contributed by atoms with E-state index < -0.39 is 17.7 Å². The first kappa shape index (κ1) is 19.2. The number of carbonyl (C=O) groups excluding carboxylic acids is 2. The van der Waals surface area contributed by atoms with Crippen molar-refractivity contribution in [2.45, 2.75) is 70.1 Å². The zero-order chi connectivity index (χ0) is 20.2. The fourth-order valence-corrected chi connectivity index (χ4v) is 5.99. The van der Waals surface area contributed by atoms with Crippen molar-refractivity contribution in [3.05, 3.63) is 35.9 Å². The zero-order valence-electron chi connectivity index (χ0n) is 17.0. The summed E-state index contributed by atoms with van der Waals surface area (Å²) >= 11 is 0. The number of ether oxygens (including phenoxy) is 2. The van der Waals surface area contributed by atoms with Crippen LogP contribution in [0.3, 0.4) is 0 Å². The van der Waals surface area contributed by atoms with Crippen molar-refractivity contribution in [1.82, 2.24) is 0 Å². The summed E-state index contributed by atoms with van der Waals surface area (Å²) in [5.74, 6) is -0.928. The van der Waals surface area contributed by atoms with Gasteiger partial charge in [0, 0.05) is 30.2 Å². The standard InChI is InChI=1S/C23H28O6/c1-14-8-10-18-16(9-11-19(24)15-6-4-3-5-7-15)20(25)26-21-23(18)17(14)12-13-22(2,27-21)28-29-23/h3-7,14,16-18,21H,8-13H2,1-2H3/t14-,16?,17+,18+,21-,22-,23-/m1/s1. The fourth-order valence-electron chi connectivity index (χ4n) is 5.99. The number of hydrogen-bond acceptors (Lipinski definition) is 6. The van der Waals surface area contributed by atoms with E-state index in [1.54, 1.807) is 0 Å². The molecule has 4 heterocycles. The van der Waals surface area contributed by atoms with Gasteiger partial charge in [-0.05, 0) is 38.5 Å². The molecular formula is C23H28O6. The molecule has 1 unspecified atom stereocenters. The van der Waals surface area contributed by atoms with Crippen molar-refractivity contribution in [2.75, 3.05) is 0 Å². The second-order valence-corrected chi connectivity index (χ2v) is 9.28. The molecule has 156 valence electrons. The quantitative estimate of drug-likeness (QED) is 0.432. The Morgan fingerprint density at radius 1 is 1.10 bits per heavy atom. The van der Waals surface area contributed by atoms with E-state index in [0.29, 0.717) is 30.7 Å². The van der Waals surface area contributed by atoms with Gasteiger partial charge < -0.3 is 9.47 Å². The van der Waals surface area contributed by atoms with Crippen molar-refractivity contribution in [3.8, 4) is 0 Å². The van der Waals surface area contributed by atoms with Crippen LogP contribution in [0.15, 0.2) is 30.3 Å². The summed E-state index contributed by atoms with van der Waals surface area (Å²) < 4.78 is 12.0. The number of rotatable bonds is 4. The summed E-state index contributed by atoms with van der Waals surface area (Å²) in [7, 11) is 0. The minimum absolute atomic E-state index is 0.0456. The lowest BCUT2D eigenvalue weighted by atomic mass is 9.57. The molecular weight excluding hydrogens is 372 g/mol. The van der Waals surface area contributed by atoms with Gasteiger partial charge in [-0.25, -0.2) is 9.78 Å². The van der Waals surface area contributed by atoms with Gasteiger partial charge in [-0.3, -0.25) is 9.59 Å². The van der Waals surface area contributed by atoms with Gasteiger partial charge in [0.05, 0.1) is 5.92 Å². The Balaban J connectivity index is 1.42. The minimum Gasteiger partial charge on any atom is -0.432 e. The Labute approximate surface area is 170 Å². The van der Waals surface area contributed by atoms with Crippen molar-refractivity contribution < 1.29 is 28.8 Å². The second-order valence-electron chi connectivity index (χ2n) is 9.28. The van der Waals surface area contributed by atoms with E-state index in [1.165, 1.54) is 0 Å². The van der Waals surface area contributed by atoms with Crippen LogP contribution in [0.4, 0.5) is 0 Å². The molecule has 6 nitrogen and oxygen atoms in total. The monoisotopic (exact) mass is 400 g/mol. The number of esters is 1. The first-order valence-corrected chi connectivity index (χ1v) is 10.8. The van der Waals surface area contributed by atoms with Gasteiger partial charge in [0.25, 0.3) is 0 Å². The third kappa shape index (κ3) is 2.95. The van der Waals surface area contributed by atoms with Crippen LogP contribution >= 0.6 is 0 Å². The van der Waals surface area contributed by atoms with Crippen LogP contribution in [0.2, 0.25) is 0 Å². The highest BCUT2D eigenvalue weighted by Gasteiger charge is 2.70. The van der Waals surface area contributed by atoms with E-state index >= 15 is 0 Å². The normalized spacial score (nSPS) is 43.2. The topological polar surface area (TPSA) is 71.1 Å². The molecule has 1 aromatic rings. The Hall–Kier alpha value is -1.76. The van der Waals surface area contributed by atoms with E-state index in [4.69, 9.17) is 19.2 Å². The molecule has 4 aliphatic heterocycles. The molecule has 1 saturated carbocycles. The number of carbonyl (C=O) groups is 2. The van der Waals surface area contributed by atoms with Crippen LogP contribution in [-0.2, 0) is 24.0 Å². The molecule has 1 spiro atoms. The molecule has 0 aromatic heterocycles. The Kier molecular flexibility index (Phi) is 4.57. The van der Waals surface area contributed by atoms with E-state index in [1.807, 2.05) is 37.3 Å². The number of Topliss-reactive ketones (excluding diaryl/α,β-unsaturated/α-hetero) is 1. The van der Waals surface area contributed by atoms with Gasteiger partial charge in [-0.2, -0.15) is 0 Å². The van der Waals surface area contributed by atoms with Crippen LogP contribution in [0.1, 0.15) is 62.7 Å². The van der Waals surface area contributed by atoms with Crippen molar-refractivity contribution >= 4 is 11.8 Å². The van der Waals surface area contributed by atoms with Crippen LogP contribution in [0, 0.1) is 23.7 Å². The first-order valence-electron chi connectivity index (χ1n) is 10.8. The summed E-state index contributed by atoms with van der Waals surface area (Å²) in [5.41, 5.74) is -0.101. The van der Waals surface area contributed by atoms with Gasteiger partial charge in [0.1, 0.15) is 0 Å². The lowest BCUT2D eigenvalue weighted by Gasteiger charge is -2.58. The van der Waals surface area contributed by atoms with E-state index in [2.05, 4.69) is 6.92 Å². The molecule has 0 amide bonds. The second kappa shape index (κ2) is 6.89. The van der Waals surface area contributed by atoms with Gasteiger partial charge in [0.2, 0.25) is 12.1 Å². The van der Waals surface area contributed by atoms with E-state index in [9.17, 15) is 9.59 Å². The predicted molar refractivity (Wildman–Crippen MR) is 102 cm³/mol. The fraction of sp³-hybridized carbons (Fsp3) is 0.652. The predicted octanol–water partition coefficient (Wildman–Crippen LogP) is 4.04.